The Morgan fingerprint density at radius 3 is 2.78 bits per heavy atom. The molecule has 4 rings (SSSR count). The molecule has 27 heavy (non-hydrogen) atoms. The number of nitrogens with zero attached hydrogens (tertiary/aromatic N) is 2. The molecule has 1 aliphatic carbocycles. The summed E-state index contributed by atoms with van der Waals surface area (Å²) in [7, 11) is 1.60. The summed E-state index contributed by atoms with van der Waals surface area (Å²) < 4.78 is 10.8. The molecule has 1 aromatic carbocycles. The third-order valence-electron chi connectivity index (χ3n) is 5.44. The molecule has 2 heterocycles. The molecule has 0 unspecified atom stereocenters. The van der Waals surface area contributed by atoms with Gasteiger partial charge in [0.15, 0.2) is 0 Å². The maximum atomic E-state index is 12.8. The molecule has 1 spiro atoms. The van der Waals surface area contributed by atoms with E-state index in [1.807, 2.05) is 42.2 Å². The van der Waals surface area contributed by atoms with Crippen LogP contribution in [-0.2, 0) is 4.74 Å². The maximum Gasteiger partial charge on any atom is 0.321 e. The third-order valence-corrected chi connectivity index (χ3v) is 5.44. The monoisotopic (exact) mass is 367 g/mol. The zero-order chi connectivity index (χ0) is 18.9. The summed E-state index contributed by atoms with van der Waals surface area (Å²) in [4.78, 5) is 19.0. The molecule has 2 fully saturated rings. The topological polar surface area (TPSA) is 63.7 Å². The summed E-state index contributed by atoms with van der Waals surface area (Å²) in [6, 6.07) is 9.79. The van der Waals surface area contributed by atoms with E-state index in [9.17, 15) is 4.79 Å². The smallest absolute Gasteiger partial charge is 0.321 e. The number of anilines is 1. The van der Waals surface area contributed by atoms with Gasteiger partial charge in [-0.05, 0) is 43.0 Å². The highest BCUT2D eigenvalue weighted by Crippen LogP contribution is 2.47. The van der Waals surface area contributed by atoms with Crippen LogP contribution in [0.2, 0.25) is 0 Å². The molecule has 6 heteroatoms. The second-order valence-electron chi connectivity index (χ2n) is 7.52. The zero-order valence-electron chi connectivity index (χ0n) is 15.8. The summed E-state index contributed by atoms with van der Waals surface area (Å²) in [6.45, 7) is 4.79. The maximum absolute atomic E-state index is 12.8. The van der Waals surface area contributed by atoms with E-state index in [4.69, 9.17) is 9.47 Å². The Morgan fingerprint density at radius 1 is 1.26 bits per heavy atom. The van der Waals surface area contributed by atoms with Crippen LogP contribution < -0.4 is 10.1 Å². The number of ether oxygens (including phenoxy) is 2. The minimum absolute atomic E-state index is 0.0557. The van der Waals surface area contributed by atoms with Crippen LogP contribution >= 0.6 is 0 Å². The van der Waals surface area contributed by atoms with Crippen molar-refractivity contribution in [2.45, 2.75) is 19.8 Å². The molecule has 0 atom stereocenters. The zero-order valence-corrected chi connectivity index (χ0v) is 15.8. The van der Waals surface area contributed by atoms with Crippen molar-refractivity contribution in [2.24, 2.45) is 5.41 Å². The minimum atomic E-state index is -0.0557. The largest absolute Gasteiger partial charge is 0.481 e. The number of carbonyl (C=O) groups excluding carboxylic acids is 1. The molecular weight excluding hydrogens is 342 g/mol. The fraction of sp³-hybridized carbons (Fsp3) is 0.429. The van der Waals surface area contributed by atoms with Gasteiger partial charge in [-0.15, -0.1) is 0 Å². The molecule has 142 valence electrons. The molecule has 0 bridgehead atoms. The van der Waals surface area contributed by atoms with Crippen LogP contribution in [0.4, 0.5) is 10.5 Å². The normalized spacial score (nSPS) is 18.1. The first-order valence-electron chi connectivity index (χ1n) is 9.33. The molecule has 1 N–H and O–H groups in total. The van der Waals surface area contributed by atoms with Crippen LogP contribution in [0.1, 0.15) is 18.4 Å². The Bertz CT molecular complexity index is 831. The number of pyridine rings is 1. The summed E-state index contributed by atoms with van der Waals surface area (Å²) in [5, 5.41) is 3.09. The van der Waals surface area contributed by atoms with Crippen molar-refractivity contribution in [1.29, 1.82) is 0 Å². The molecule has 1 aliphatic heterocycles. The first kappa shape index (κ1) is 17.8. The van der Waals surface area contributed by atoms with Gasteiger partial charge in [-0.2, -0.15) is 0 Å². The molecule has 0 radical (unpaired) electrons. The molecule has 1 saturated heterocycles. The van der Waals surface area contributed by atoms with Gasteiger partial charge in [-0.1, -0.05) is 12.1 Å². The highest BCUT2D eigenvalue weighted by molar-refractivity contribution is 5.91. The second-order valence-corrected chi connectivity index (χ2v) is 7.52. The van der Waals surface area contributed by atoms with Gasteiger partial charge in [0.1, 0.15) is 0 Å². The van der Waals surface area contributed by atoms with Crippen molar-refractivity contribution in [2.75, 3.05) is 38.7 Å². The number of amides is 2. The first-order chi connectivity index (χ1) is 13.1. The van der Waals surface area contributed by atoms with E-state index in [0.29, 0.717) is 19.0 Å². The number of aromatic nitrogens is 1. The Kier molecular flexibility index (Phi) is 4.74. The van der Waals surface area contributed by atoms with Crippen molar-refractivity contribution in [3.8, 4) is 17.0 Å². The van der Waals surface area contributed by atoms with E-state index in [-0.39, 0.29) is 11.4 Å². The second kappa shape index (κ2) is 7.19. The molecule has 2 aliphatic rings. The van der Waals surface area contributed by atoms with E-state index in [1.54, 1.807) is 13.3 Å². The number of hydrogen-bond acceptors (Lipinski definition) is 4. The van der Waals surface area contributed by atoms with E-state index in [2.05, 4.69) is 10.3 Å². The Morgan fingerprint density at radius 2 is 2.07 bits per heavy atom. The van der Waals surface area contributed by atoms with Crippen LogP contribution in [0.5, 0.6) is 5.88 Å². The van der Waals surface area contributed by atoms with E-state index in [1.165, 1.54) is 0 Å². The van der Waals surface area contributed by atoms with Crippen molar-refractivity contribution < 1.29 is 14.3 Å². The van der Waals surface area contributed by atoms with Crippen molar-refractivity contribution in [1.82, 2.24) is 9.88 Å². The predicted molar refractivity (Wildman–Crippen MR) is 104 cm³/mol. The van der Waals surface area contributed by atoms with Gasteiger partial charge in [0, 0.05) is 42.0 Å². The van der Waals surface area contributed by atoms with Crippen LogP contribution in [0.15, 0.2) is 36.5 Å². The van der Waals surface area contributed by atoms with Crippen LogP contribution in [0.3, 0.4) is 0 Å². The summed E-state index contributed by atoms with van der Waals surface area (Å²) in [6.07, 6.45) is 4.07. The fourth-order valence-corrected chi connectivity index (χ4v) is 3.45. The number of hydrogen-bond donors (Lipinski definition) is 1. The lowest BCUT2D eigenvalue weighted by atomic mass is 10.0. The third kappa shape index (κ3) is 3.90. The quantitative estimate of drug-likeness (QED) is 0.898. The number of methoxy groups -OCH3 is 1. The minimum Gasteiger partial charge on any atom is -0.481 e. The molecule has 2 amide bonds. The lowest BCUT2D eigenvalue weighted by molar-refractivity contribution is 0.115. The van der Waals surface area contributed by atoms with Gasteiger partial charge in [0.05, 0.1) is 20.3 Å². The predicted octanol–water partition coefficient (Wildman–Crippen LogP) is 3.71. The van der Waals surface area contributed by atoms with Crippen LogP contribution in [-0.4, -0.2) is 49.3 Å². The lowest BCUT2D eigenvalue weighted by Crippen LogP contribution is -2.39. The summed E-state index contributed by atoms with van der Waals surface area (Å²) in [5.74, 6) is 0.580. The highest BCUT2D eigenvalue weighted by atomic mass is 16.5. The van der Waals surface area contributed by atoms with Crippen molar-refractivity contribution in [3.05, 3.63) is 42.1 Å². The van der Waals surface area contributed by atoms with E-state index >= 15 is 0 Å². The molecule has 1 aromatic heterocycles. The first-order valence-corrected chi connectivity index (χ1v) is 9.33. The SMILES string of the molecule is COc1ccc(-c2ccc(C)c(NC(=O)N3CCOCC4(CC4)C3)c2)cn1. The Balaban J connectivity index is 1.51. The highest BCUT2D eigenvalue weighted by Gasteiger charge is 2.46. The number of benzene rings is 1. The summed E-state index contributed by atoms with van der Waals surface area (Å²) >= 11 is 0. The molecule has 2 aromatic rings. The molecular formula is C21H25N3O3. The van der Waals surface area contributed by atoms with E-state index in [0.717, 1.165) is 48.4 Å². The van der Waals surface area contributed by atoms with Gasteiger partial charge < -0.3 is 19.7 Å². The average Bonchev–Trinajstić information content (AvgIpc) is 3.49. The molecule has 6 nitrogen and oxygen atoms in total. The number of carbonyl (C=O) groups is 1. The summed E-state index contributed by atoms with van der Waals surface area (Å²) in [5.41, 5.74) is 4.03. The van der Waals surface area contributed by atoms with Gasteiger partial charge in [0.25, 0.3) is 0 Å². The van der Waals surface area contributed by atoms with Gasteiger partial charge >= 0.3 is 6.03 Å². The fourth-order valence-electron chi connectivity index (χ4n) is 3.45. The number of aryl methyl sites for hydroxylation is 1. The number of urea groups is 1. The lowest BCUT2D eigenvalue weighted by Gasteiger charge is -2.24. The standard InChI is InChI=1S/C21H25N3O3/c1-15-3-4-16(17-5-6-19(26-2)22-12-17)11-18(15)23-20(25)24-9-10-27-14-21(13-24)7-8-21/h3-6,11-12H,7-10,13-14H2,1-2H3,(H,23,25). The Hall–Kier alpha value is -2.60. The average molecular weight is 367 g/mol. The Labute approximate surface area is 159 Å². The van der Waals surface area contributed by atoms with Crippen molar-refractivity contribution in [3.63, 3.8) is 0 Å². The molecule has 1 saturated carbocycles. The van der Waals surface area contributed by atoms with Crippen LogP contribution in [0.25, 0.3) is 11.1 Å². The van der Waals surface area contributed by atoms with Gasteiger partial charge in [-0.25, -0.2) is 9.78 Å². The number of rotatable bonds is 3. The van der Waals surface area contributed by atoms with Gasteiger partial charge in [0.2, 0.25) is 5.88 Å². The number of nitrogens with one attached hydrogen (secondary N) is 1. The van der Waals surface area contributed by atoms with Gasteiger partial charge in [-0.3, -0.25) is 0 Å². The van der Waals surface area contributed by atoms with E-state index < -0.39 is 0 Å². The van der Waals surface area contributed by atoms with Crippen molar-refractivity contribution >= 4 is 11.7 Å². The van der Waals surface area contributed by atoms with Crippen LogP contribution in [0, 0.1) is 12.3 Å².